The van der Waals surface area contributed by atoms with Gasteiger partial charge in [-0.15, -0.1) is 0 Å². The van der Waals surface area contributed by atoms with E-state index < -0.39 is 0 Å². The van der Waals surface area contributed by atoms with Crippen LogP contribution < -0.4 is 10.1 Å². The van der Waals surface area contributed by atoms with Crippen LogP contribution in [0.3, 0.4) is 0 Å². The molecule has 29 heavy (non-hydrogen) atoms. The van der Waals surface area contributed by atoms with Gasteiger partial charge in [0.1, 0.15) is 12.4 Å². The van der Waals surface area contributed by atoms with Crippen LogP contribution in [-0.4, -0.2) is 12.5 Å². The molecule has 4 aliphatic carbocycles. The number of amides is 1. The highest BCUT2D eigenvalue weighted by Gasteiger charge is 2.50. The van der Waals surface area contributed by atoms with Crippen molar-refractivity contribution in [3.8, 4) is 5.75 Å². The van der Waals surface area contributed by atoms with E-state index in [1.807, 2.05) is 54.6 Å². The van der Waals surface area contributed by atoms with Gasteiger partial charge in [0.05, 0.1) is 5.56 Å². The summed E-state index contributed by atoms with van der Waals surface area (Å²) in [6.07, 6.45) is 9.73. The molecule has 0 radical (unpaired) electrons. The van der Waals surface area contributed by atoms with Crippen molar-refractivity contribution >= 4 is 5.91 Å². The minimum atomic E-state index is -0.0154. The normalized spacial score (nSPS) is 29.6. The first-order chi connectivity index (χ1) is 14.2. The van der Waals surface area contributed by atoms with Gasteiger partial charge in [-0.25, -0.2) is 0 Å². The van der Waals surface area contributed by atoms with Crippen LogP contribution in [0.15, 0.2) is 54.6 Å². The summed E-state index contributed by atoms with van der Waals surface area (Å²) >= 11 is 0. The molecule has 2 aromatic rings. The summed E-state index contributed by atoms with van der Waals surface area (Å²) in [5, 5.41) is 3.19. The van der Waals surface area contributed by atoms with Crippen LogP contribution in [0.2, 0.25) is 0 Å². The Morgan fingerprint density at radius 1 is 0.897 bits per heavy atom. The molecule has 0 heterocycles. The Labute approximate surface area is 173 Å². The first-order valence-electron chi connectivity index (χ1n) is 11.2. The standard InChI is InChI=1S/C26H31NO2/c28-25(23-8-4-5-9-24(23)29-18-19-6-2-1-3-7-19)27-11-10-26-15-20-12-21(16-26)14-22(13-20)17-26/h1-9,20-22H,10-18H2,(H,27,28). The Bertz CT molecular complexity index is 825. The fourth-order valence-electron chi connectivity index (χ4n) is 6.65. The molecule has 0 unspecified atom stereocenters. The second-order valence-electron chi connectivity index (χ2n) is 9.69. The van der Waals surface area contributed by atoms with Crippen molar-refractivity contribution in [3.05, 3.63) is 65.7 Å². The van der Waals surface area contributed by atoms with Gasteiger partial charge in [-0.1, -0.05) is 42.5 Å². The van der Waals surface area contributed by atoms with E-state index in [4.69, 9.17) is 4.74 Å². The van der Waals surface area contributed by atoms with E-state index in [0.29, 0.717) is 23.3 Å². The van der Waals surface area contributed by atoms with E-state index in [1.165, 1.54) is 38.5 Å². The molecule has 4 saturated carbocycles. The lowest BCUT2D eigenvalue weighted by Crippen LogP contribution is -2.47. The highest BCUT2D eigenvalue weighted by Crippen LogP contribution is 2.61. The lowest BCUT2D eigenvalue weighted by Gasteiger charge is -2.57. The molecule has 0 spiro atoms. The van der Waals surface area contributed by atoms with E-state index >= 15 is 0 Å². The lowest BCUT2D eigenvalue weighted by atomic mass is 9.49. The predicted octanol–water partition coefficient (Wildman–Crippen LogP) is 5.60. The van der Waals surface area contributed by atoms with Crippen molar-refractivity contribution in [2.75, 3.05) is 6.54 Å². The SMILES string of the molecule is O=C(NCCC12CC3CC(CC(C3)C1)C2)c1ccccc1OCc1ccccc1. The minimum Gasteiger partial charge on any atom is -0.488 e. The van der Waals surface area contributed by atoms with E-state index in [-0.39, 0.29) is 5.91 Å². The topological polar surface area (TPSA) is 38.3 Å². The molecule has 0 aromatic heterocycles. The van der Waals surface area contributed by atoms with Crippen molar-refractivity contribution in [1.29, 1.82) is 0 Å². The van der Waals surface area contributed by atoms with Crippen molar-refractivity contribution < 1.29 is 9.53 Å². The van der Waals surface area contributed by atoms with Crippen LogP contribution in [-0.2, 0) is 6.61 Å². The third kappa shape index (κ3) is 4.05. The first kappa shape index (κ1) is 18.7. The average Bonchev–Trinajstić information content (AvgIpc) is 2.72. The van der Waals surface area contributed by atoms with Gasteiger partial charge in [0.25, 0.3) is 5.91 Å². The summed E-state index contributed by atoms with van der Waals surface area (Å²) < 4.78 is 5.96. The lowest BCUT2D eigenvalue weighted by molar-refractivity contribution is -0.0564. The van der Waals surface area contributed by atoms with Gasteiger partial charge in [-0.3, -0.25) is 4.79 Å². The van der Waals surface area contributed by atoms with Gasteiger partial charge in [0.15, 0.2) is 0 Å². The van der Waals surface area contributed by atoms with Crippen LogP contribution in [0.1, 0.15) is 60.9 Å². The third-order valence-corrected chi connectivity index (χ3v) is 7.47. The maximum atomic E-state index is 12.9. The Hall–Kier alpha value is -2.29. The highest BCUT2D eigenvalue weighted by molar-refractivity contribution is 5.96. The quantitative estimate of drug-likeness (QED) is 0.669. The summed E-state index contributed by atoms with van der Waals surface area (Å²) in [6.45, 7) is 1.25. The van der Waals surface area contributed by atoms with Gasteiger partial charge in [-0.2, -0.15) is 0 Å². The van der Waals surface area contributed by atoms with Gasteiger partial charge in [0, 0.05) is 6.54 Å². The molecule has 4 bridgehead atoms. The van der Waals surface area contributed by atoms with Crippen molar-refractivity contribution in [1.82, 2.24) is 5.32 Å². The zero-order valence-corrected chi connectivity index (χ0v) is 17.1. The summed E-state index contributed by atoms with van der Waals surface area (Å²) in [4.78, 5) is 12.9. The summed E-state index contributed by atoms with van der Waals surface area (Å²) in [7, 11) is 0. The molecule has 1 amide bonds. The second-order valence-corrected chi connectivity index (χ2v) is 9.69. The fourth-order valence-corrected chi connectivity index (χ4v) is 6.65. The zero-order chi connectivity index (χ0) is 19.7. The summed E-state index contributed by atoms with van der Waals surface area (Å²) in [6, 6.07) is 17.6. The molecule has 2 aromatic carbocycles. The van der Waals surface area contributed by atoms with E-state index in [0.717, 1.165) is 36.3 Å². The Morgan fingerprint density at radius 3 is 2.21 bits per heavy atom. The minimum absolute atomic E-state index is 0.0154. The van der Waals surface area contributed by atoms with Crippen LogP contribution in [0, 0.1) is 23.2 Å². The first-order valence-corrected chi connectivity index (χ1v) is 11.2. The number of hydrogen-bond donors (Lipinski definition) is 1. The number of carbonyl (C=O) groups excluding carboxylic acids is 1. The molecule has 152 valence electrons. The van der Waals surface area contributed by atoms with Crippen LogP contribution in [0.25, 0.3) is 0 Å². The van der Waals surface area contributed by atoms with E-state index in [1.54, 1.807) is 0 Å². The Morgan fingerprint density at radius 2 is 1.52 bits per heavy atom. The summed E-state index contributed by atoms with van der Waals surface area (Å²) in [5.41, 5.74) is 2.24. The summed E-state index contributed by atoms with van der Waals surface area (Å²) in [5.74, 6) is 3.53. The smallest absolute Gasteiger partial charge is 0.255 e. The van der Waals surface area contributed by atoms with Crippen molar-refractivity contribution in [2.24, 2.45) is 23.2 Å². The van der Waals surface area contributed by atoms with Crippen molar-refractivity contribution in [2.45, 2.75) is 51.6 Å². The zero-order valence-electron chi connectivity index (χ0n) is 17.1. The molecule has 4 aliphatic rings. The fraction of sp³-hybridized carbons (Fsp3) is 0.500. The van der Waals surface area contributed by atoms with Crippen LogP contribution in [0.4, 0.5) is 0 Å². The molecule has 1 N–H and O–H groups in total. The number of carbonyl (C=O) groups is 1. The largest absolute Gasteiger partial charge is 0.488 e. The molecular formula is C26H31NO2. The number of ether oxygens (including phenoxy) is 1. The number of hydrogen-bond acceptors (Lipinski definition) is 2. The van der Waals surface area contributed by atoms with E-state index in [2.05, 4.69) is 5.32 Å². The predicted molar refractivity (Wildman–Crippen MR) is 115 cm³/mol. The Kier molecular flexibility index (Phi) is 5.07. The van der Waals surface area contributed by atoms with E-state index in [9.17, 15) is 4.79 Å². The Balaban J connectivity index is 1.18. The number of benzene rings is 2. The van der Waals surface area contributed by atoms with Crippen LogP contribution in [0.5, 0.6) is 5.75 Å². The van der Waals surface area contributed by atoms with Gasteiger partial charge in [-0.05, 0) is 85.8 Å². The van der Waals surface area contributed by atoms with Gasteiger partial charge >= 0.3 is 0 Å². The maximum Gasteiger partial charge on any atom is 0.255 e. The highest BCUT2D eigenvalue weighted by atomic mass is 16.5. The van der Waals surface area contributed by atoms with Gasteiger partial charge < -0.3 is 10.1 Å². The molecule has 3 heteroatoms. The number of nitrogens with one attached hydrogen (secondary N) is 1. The van der Waals surface area contributed by atoms with Crippen LogP contribution >= 0.6 is 0 Å². The maximum absolute atomic E-state index is 12.9. The molecular weight excluding hydrogens is 358 g/mol. The van der Waals surface area contributed by atoms with Gasteiger partial charge in [0.2, 0.25) is 0 Å². The molecule has 0 atom stereocenters. The molecule has 0 aliphatic heterocycles. The number of para-hydroxylation sites is 1. The second kappa shape index (κ2) is 7.85. The van der Waals surface area contributed by atoms with Crippen molar-refractivity contribution in [3.63, 3.8) is 0 Å². The molecule has 3 nitrogen and oxygen atoms in total. The third-order valence-electron chi connectivity index (χ3n) is 7.47. The monoisotopic (exact) mass is 389 g/mol. The molecule has 6 rings (SSSR count). The average molecular weight is 390 g/mol. The molecule has 4 fully saturated rings. The molecule has 0 saturated heterocycles. The number of rotatable bonds is 7.